The van der Waals surface area contributed by atoms with E-state index in [4.69, 9.17) is 0 Å². The van der Waals surface area contributed by atoms with E-state index in [1.165, 1.54) is 24.1 Å². The van der Waals surface area contributed by atoms with E-state index < -0.39 is 11.7 Å². The first-order valence-electron chi connectivity index (χ1n) is 10.9. The summed E-state index contributed by atoms with van der Waals surface area (Å²) in [6.07, 6.45) is -4.38. The van der Waals surface area contributed by atoms with Crippen LogP contribution in [0.2, 0.25) is 0 Å². The predicted molar refractivity (Wildman–Crippen MR) is 132 cm³/mol. The molecule has 5 aromatic carbocycles. The first-order chi connectivity index (χ1) is 15.7. The van der Waals surface area contributed by atoms with Crippen molar-refractivity contribution < 1.29 is 13.2 Å². The van der Waals surface area contributed by atoms with Crippen LogP contribution in [-0.4, -0.2) is 0 Å². The van der Waals surface area contributed by atoms with Crippen LogP contribution in [0.15, 0.2) is 84.9 Å². The van der Waals surface area contributed by atoms with Crippen molar-refractivity contribution in [3.8, 4) is 22.3 Å². The summed E-state index contributed by atoms with van der Waals surface area (Å²) in [5.41, 5.74) is 5.83. The summed E-state index contributed by atoms with van der Waals surface area (Å²) in [6.45, 7) is 5.71. The molecule has 0 nitrogen and oxygen atoms in total. The Labute approximate surface area is 191 Å². The maximum Gasteiger partial charge on any atom is 0.416 e. The zero-order chi connectivity index (χ0) is 23.3. The Balaban J connectivity index is 1.74. The molecule has 164 valence electrons. The molecule has 0 unspecified atom stereocenters. The fraction of sp³-hybridized carbons (Fsp3) is 0.133. The second kappa shape index (κ2) is 7.77. The lowest BCUT2D eigenvalue weighted by Gasteiger charge is -2.15. The Morgan fingerprint density at radius 3 is 1.55 bits per heavy atom. The van der Waals surface area contributed by atoms with E-state index in [9.17, 15) is 13.2 Å². The molecule has 0 aliphatic carbocycles. The fourth-order valence-electron chi connectivity index (χ4n) is 4.56. The van der Waals surface area contributed by atoms with E-state index in [0.29, 0.717) is 5.56 Å². The molecular formula is C30H23F3. The molecule has 0 radical (unpaired) electrons. The zero-order valence-electron chi connectivity index (χ0n) is 18.7. The smallest absolute Gasteiger partial charge is 0.166 e. The van der Waals surface area contributed by atoms with Gasteiger partial charge in [-0.3, -0.25) is 0 Å². The molecule has 3 heteroatoms. The number of rotatable bonds is 2. The number of hydrogen-bond donors (Lipinski definition) is 0. The molecule has 0 fully saturated rings. The van der Waals surface area contributed by atoms with E-state index in [2.05, 4.69) is 56.3 Å². The lowest BCUT2D eigenvalue weighted by Crippen LogP contribution is -2.07. The molecular weight excluding hydrogens is 417 g/mol. The highest BCUT2D eigenvalue weighted by Gasteiger charge is 2.32. The van der Waals surface area contributed by atoms with Gasteiger partial charge in [-0.05, 0) is 99.5 Å². The van der Waals surface area contributed by atoms with Gasteiger partial charge in [-0.2, -0.15) is 13.2 Å². The van der Waals surface area contributed by atoms with Gasteiger partial charge in [-0.1, -0.05) is 66.7 Å². The SMILES string of the molecule is Cc1ccc(-c2cccc3cc4c(-c5ccc(C)c(C(F)(F)F)c5)cccc4cc23)cc1C. The van der Waals surface area contributed by atoms with Gasteiger partial charge in [0.1, 0.15) is 0 Å². The van der Waals surface area contributed by atoms with Crippen molar-refractivity contribution >= 4 is 21.5 Å². The summed E-state index contributed by atoms with van der Waals surface area (Å²) in [4.78, 5) is 0. The van der Waals surface area contributed by atoms with Crippen molar-refractivity contribution in [3.05, 3.63) is 107 Å². The van der Waals surface area contributed by atoms with Crippen molar-refractivity contribution in [2.24, 2.45) is 0 Å². The van der Waals surface area contributed by atoms with Crippen molar-refractivity contribution in [2.45, 2.75) is 26.9 Å². The van der Waals surface area contributed by atoms with Gasteiger partial charge in [-0.15, -0.1) is 0 Å². The monoisotopic (exact) mass is 440 g/mol. The number of benzene rings is 5. The van der Waals surface area contributed by atoms with Gasteiger partial charge in [0.2, 0.25) is 0 Å². The average Bonchev–Trinajstić information content (AvgIpc) is 2.78. The molecule has 0 atom stereocenters. The van der Waals surface area contributed by atoms with Gasteiger partial charge in [0, 0.05) is 0 Å². The first-order valence-corrected chi connectivity index (χ1v) is 10.9. The molecule has 0 N–H and O–H groups in total. The lowest BCUT2D eigenvalue weighted by atomic mass is 9.91. The molecule has 0 amide bonds. The number of alkyl halides is 3. The summed E-state index contributed by atoms with van der Waals surface area (Å²) < 4.78 is 40.6. The third kappa shape index (κ3) is 3.78. The van der Waals surface area contributed by atoms with Gasteiger partial charge >= 0.3 is 6.18 Å². The summed E-state index contributed by atoms with van der Waals surface area (Å²) in [5.74, 6) is 0. The molecule has 0 bridgehead atoms. The summed E-state index contributed by atoms with van der Waals surface area (Å²) in [5, 5.41) is 4.14. The fourth-order valence-corrected chi connectivity index (χ4v) is 4.56. The Kier molecular flexibility index (Phi) is 5.01. The highest BCUT2D eigenvalue weighted by atomic mass is 19.4. The molecule has 0 spiro atoms. The number of fused-ring (bicyclic) bond motifs is 2. The Morgan fingerprint density at radius 1 is 0.515 bits per heavy atom. The van der Waals surface area contributed by atoms with E-state index in [0.717, 1.165) is 38.2 Å². The van der Waals surface area contributed by atoms with E-state index in [1.807, 2.05) is 24.3 Å². The predicted octanol–water partition coefficient (Wildman–Crippen LogP) is 9.27. The van der Waals surface area contributed by atoms with E-state index >= 15 is 0 Å². The lowest BCUT2D eigenvalue weighted by molar-refractivity contribution is -0.138. The average molecular weight is 441 g/mol. The minimum Gasteiger partial charge on any atom is -0.166 e. The second-order valence-corrected chi connectivity index (χ2v) is 8.73. The van der Waals surface area contributed by atoms with E-state index in [1.54, 1.807) is 12.1 Å². The van der Waals surface area contributed by atoms with Crippen LogP contribution in [-0.2, 0) is 6.18 Å². The molecule has 0 aliphatic rings. The van der Waals surface area contributed by atoms with Crippen LogP contribution >= 0.6 is 0 Å². The van der Waals surface area contributed by atoms with Gasteiger partial charge in [0.15, 0.2) is 0 Å². The van der Waals surface area contributed by atoms with Crippen molar-refractivity contribution in [3.63, 3.8) is 0 Å². The zero-order valence-corrected chi connectivity index (χ0v) is 18.7. The van der Waals surface area contributed by atoms with Gasteiger partial charge in [0.05, 0.1) is 5.56 Å². The van der Waals surface area contributed by atoms with Crippen LogP contribution in [0.5, 0.6) is 0 Å². The third-order valence-corrected chi connectivity index (χ3v) is 6.55. The van der Waals surface area contributed by atoms with Crippen LogP contribution in [0.4, 0.5) is 13.2 Å². The van der Waals surface area contributed by atoms with Crippen molar-refractivity contribution in [1.29, 1.82) is 0 Å². The molecule has 0 aliphatic heterocycles. The third-order valence-electron chi connectivity index (χ3n) is 6.55. The summed E-state index contributed by atoms with van der Waals surface area (Å²) >= 11 is 0. The van der Waals surface area contributed by atoms with E-state index in [-0.39, 0.29) is 5.56 Å². The van der Waals surface area contributed by atoms with Gasteiger partial charge in [0.25, 0.3) is 0 Å². The Bertz CT molecular complexity index is 1520. The first kappa shape index (κ1) is 21.3. The van der Waals surface area contributed by atoms with Gasteiger partial charge < -0.3 is 0 Å². The second-order valence-electron chi connectivity index (χ2n) is 8.73. The molecule has 5 aromatic rings. The highest BCUT2D eigenvalue weighted by molar-refractivity contribution is 6.09. The Hall–Kier alpha value is -3.59. The molecule has 5 rings (SSSR count). The number of aryl methyl sites for hydroxylation is 3. The van der Waals surface area contributed by atoms with Gasteiger partial charge in [-0.25, -0.2) is 0 Å². The molecule has 0 aromatic heterocycles. The van der Waals surface area contributed by atoms with Crippen LogP contribution < -0.4 is 0 Å². The maximum absolute atomic E-state index is 13.5. The topological polar surface area (TPSA) is 0 Å². The van der Waals surface area contributed by atoms with Crippen LogP contribution in [0, 0.1) is 20.8 Å². The standard InChI is InChI=1S/C30H23F3/c1-18-10-12-23(14-20(18)3)25-8-4-6-21-16-28-22(15-27(21)25)7-5-9-26(28)24-13-11-19(2)29(17-24)30(31,32)33/h4-17H,1-3H3. The summed E-state index contributed by atoms with van der Waals surface area (Å²) in [7, 11) is 0. The molecule has 0 saturated carbocycles. The largest absolute Gasteiger partial charge is 0.416 e. The molecule has 33 heavy (non-hydrogen) atoms. The Morgan fingerprint density at radius 2 is 1.03 bits per heavy atom. The quantitative estimate of drug-likeness (QED) is 0.240. The molecule has 0 heterocycles. The van der Waals surface area contributed by atoms with Crippen molar-refractivity contribution in [1.82, 2.24) is 0 Å². The molecule has 0 saturated heterocycles. The van der Waals surface area contributed by atoms with Crippen molar-refractivity contribution in [2.75, 3.05) is 0 Å². The summed E-state index contributed by atoms with van der Waals surface area (Å²) in [6, 6.07) is 27.4. The number of hydrogen-bond acceptors (Lipinski definition) is 0. The minimum atomic E-state index is -4.38. The highest BCUT2D eigenvalue weighted by Crippen LogP contribution is 2.39. The van der Waals surface area contributed by atoms with Crippen LogP contribution in [0.3, 0.4) is 0 Å². The van der Waals surface area contributed by atoms with Crippen LogP contribution in [0.25, 0.3) is 43.8 Å². The van der Waals surface area contributed by atoms with Crippen LogP contribution in [0.1, 0.15) is 22.3 Å². The normalized spacial score (nSPS) is 11.9. The number of halogens is 3. The minimum absolute atomic E-state index is 0.231. The maximum atomic E-state index is 13.5.